The molecule has 5 nitrogen and oxygen atoms in total. The number of hydrogen-bond acceptors (Lipinski definition) is 3. The summed E-state index contributed by atoms with van der Waals surface area (Å²) in [4.78, 5) is 13.7. The lowest BCUT2D eigenvalue weighted by molar-refractivity contribution is -0.131. The number of halogens is 2. The van der Waals surface area contributed by atoms with E-state index in [0.717, 1.165) is 5.56 Å². The van der Waals surface area contributed by atoms with Crippen LogP contribution in [-0.4, -0.2) is 32.3 Å². The molecule has 0 heterocycles. The first-order valence-electron chi connectivity index (χ1n) is 7.47. The molecule has 0 unspecified atom stereocenters. The molecule has 1 amide bonds. The third-order valence-corrected chi connectivity index (χ3v) is 5.78. The Morgan fingerprint density at radius 1 is 1.16 bits per heavy atom. The Morgan fingerprint density at radius 2 is 1.80 bits per heavy atom. The Balaban J connectivity index is 2.10. The van der Waals surface area contributed by atoms with Gasteiger partial charge in [0.2, 0.25) is 15.9 Å². The van der Waals surface area contributed by atoms with Crippen molar-refractivity contribution >= 4 is 39.1 Å². The van der Waals surface area contributed by atoms with E-state index >= 15 is 0 Å². The molecule has 2 rings (SSSR count). The highest BCUT2D eigenvalue weighted by Crippen LogP contribution is 2.25. The zero-order valence-corrected chi connectivity index (χ0v) is 16.1. The number of likely N-dealkylation sites (N-methyl/N-ethyl adjacent to an activating group) is 1. The van der Waals surface area contributed by atoms with Crippen molar-refractivity contribution in [3.8, 4) is 0 Å². The molecule has 1 atom stereocenters. The van der Waals surface area contributed by atoms with Gasteiger partial charge in [0.25, 0.3) is 0 Å². The minimum absolute atomic E-state index is 0.0363. The van der Waals surface area contributed by atoms with Gasteiger partial charge in [-0.15, -0.1) is 0 Å². The van der Waals surface area contributed by atoms with Crippen molar-refractivity contribution in [1.29, 1.82) is 0 Å². The van der Waals surface area contributed by atoms with Crippen LogP contribution in [-0.2, 0) is 21.4 Å². The van der Waals surface area contributed by atoms with Crippen molar-refractivity contribution in [1.82, 2.24) is 9.62 Å². The first-order valence-corrected chi connectivity index (χ1v) is 9.71. The fourth-order valence-electron chi connectivity index (χ4n) is 2.30. The van der Waals surface area contributed by atoms with Gasteiger partial charge >= 0.3 is 0 Å². The number of amides is 1. The summed E-state index contributed by atoms with van der Waals surface area (Å²) in [5.41, 5.74) is 0.950. The smallest absolute Gasteiger partial charge is 0.242 e. The number of sulfonamides is 1. The van der Waals surface area contributed by atoms with Crippen LogP contribution in [0.25, 0.3) is 0 Å². The van der Waals surface area contributed by atoms with Crippen molar-refractivity contribution in [3.63, 3.8) is 0 Å². The Hall–Kier alpha value is -1.60. The molecular formula is C17H18Cl2N2O3S. The summed E-state index contributed by atoms with van der Waals surface area (Å²) < 4.78 is 27.3. The molecule has 0 saturated heterocycles. The summed E-state index contributed by atoms with van der Waals surface area (Å²) in [5.74, 6) is -0.356. The van der Waals surface area contributed by atoms with Crippen LogP contribution < -0.4 is 4.72 Å². The molecule has 2 aromatic carbocycles. The Morgan fingerprint density at radius 3 is 2.44 bits per heavy atom. The molecule has 0 aliphatic rings. The summed E-state index contributed by atoms with van der Waals surface area (Å²) in [6.45, 7) is 1.86. The van der Waals surface area contributed by atoms with Crippen LogP contribution in [0.4, 0.5) is 0 Å². The SMILES string of the molecule is C[C@@H](NS(=O)(=O)c1cc(Cl)ccc1Cl)C(=O)N(C)Cc1ccccc1. The molecule has 0 aliphatic carbocycles. The van der Waals surface area contributed by atoms with Crippen molar-refractivity contribution in [2.75, 3.05) is 7.05 Å². The first-order chi connectivity index (χ1) is 11.7. The minimum Gasteiger partial charge on any atom is -0.340 e. The van der Waals surface area contributed by atoms with Gasteiger partial charge in [0.1, 0.15) is 4.90 Å². The molecule has 0 aromatic heterocycles. The van der Waals surface area contributed by atoms with Gasteiger partial charge in [0, 0.05) is 18.6 Å². The molecule has 0 fully saturated rings. The number of nitrogens with zero attached hydrogens (tertiary/aromatic N) is 1. The zero-order valence-electron chi connectivity index (χ0n) is 13.7. The maximum atomic E-state index is 12.5. The molecule has 0 radical (unpaired) electrons. The van der Waals surface area contributed by atoms with Gasteiger partial charge in [0.05, 0.1) is 11.1 Å². The lowest BCUT2D eigenvalue weighted by atomic mass is 10.2. The topological polar surface area (TPSA) is 66.5 Å². The Labute approximate surface area is 157 Å². The van der Waals surface area contributed by atoms with E-state index in [9.17, 15) is 13.2 Å². The molecule has 0 spiro atoms. The molecule has 1 N–H and O–H groups in total. The van der Waals surface area contributed by atoms with Crippen molar-refractivity contribution < 1.29 is 13.2 Å². The summed E-state index contributed by atoms with van der Waals surface area (Å²) in [6.07, 6.45) is 0. The van der Waals surface area contributed by atoms with Crippen LogP contribution in [0, 0.1) is 0 Å². The fourth-order valence-corrected chi connectivity index (χ4v) is 4.25. The summed E-state index contributed by atoms with van der Waals surface area (Å²) in [7, 11) is -2.36. The normalized spacial score (nSPS) is 12.6. The number of carbonyl (C=O) groups excluding carboxylic acids is 1. The van der Waals surface area contributed by atoms with Gasteiger partial charge in [-0.25, -0.2) is 8.42 Å². The van der Waals surface area contributed by atoms with Gasteiger partial charge in [-0.3, -0.25) is 4.79 Å². The second kappa shape index (κ2) is 8.19. The Bertz CT molecular complexity index is 857. The molecule has 2 aromatic rings. The summed E-state index contributed by atoms with van der Waals surface area (Å²) in [6, 6.07) is 12.6. The first kappa shape index (κ1) is 19.7. The second-order valence-corrected chi connectivity index (χ2v) is 8.12. The van der Waals surface area contributed by atoms with E-state index in [1.165, 1.54) is 30.0 Å². The second-order valence-electron chi connectivity index (χ2n) is 5.60. The van der Waals surface area contributed by atoms with Gasteiger partial charge in [0.15, 0.2) is 0 Å². The monoisotopic (exact) mass is 400 g/mol. The molecular weight excluding hydrogens is 383 g/mol. The molecule has 0 aliphatic heterocycles. The summed E-state index contributed by atoms with van der Waals surface area (Å²) in [5, 5.41) is 0.277. The average Bonchev–Trinajstić information content (AvgIpc) is 2.56. The van der Waals surface area contributed by atoms with E-state index in [1.54, 1.807) is 7.05 Å². The third kappa shape index (κ3) is 5.19. The van der Waals surface area contributed by atoms with E-state index in [2.05, 4.69) is 4.72 Å². The molecule has 0 bridgehead atoms. The number of nitrogens with one attached hydrogen (secondary N) is 1. The van der Waals surface area contributed by atoms with Crippen molar-refractivity contribution in [3.05, 3.63) is 64.1 Å². The van der Waals surface area contributed by atoms with Gasteiger partial charge < -0.3 is 4.90 Å². The Kier molecular flexibility index (Phi) is 6.46. The average molecular weight is 401 g/mol. The largest absolute Gasteiger partial charge is 0.340 e. The maximum Gasteiger partial charge on any atom is 0.242 e. The van der Waals surface area contributed by atoms with Crippen LogP contribution in [0.2, 0.25) is 10.0 Å². The lowest BCUT2D eigenvalue weighted by Gasteiger charge is -2.22. The van der Waals surface area contributed by atoms with Gasteiger partial charge in [-0.2, -0.15) is 4.72 Å². The lowest BCUT2D eigenvalue weighted by Crippen LogP contribution is -2.45. The van der Waals surface area contributed by atoms with Gasteiger partial charge in [-0.1, -0.05) is 53.5 Å². The fraction of sp³-hybridized carbons (Fsp3) is 0.235. The highest BCUT2D eigenvalue weighted by molar-refractivity contribution is 7.89. The van der Waals surface area contributed by atoms with E-state index in [1.807, 2.05) is 30.3 Å². The van der Waals surface area contributed by atoms with Gasteiger partial charge in [-0.05, 0) is 30.7 Å². The van der Waals surface area contributed by atoms with Crippen LogP contribution in [0.5, 0.6) is 0 Å². The number of hydrogen-bond donors (Lipinski definition) is 1. The van der Waals surface area contributed by atoms with E-state index in [-0.39, 0.29) is 20.8 Å². The molecule has 134 valence electrons. The standard InChI is InChI=1S/C17H18Cl2N2O3S/c1-12(17(22)21(2)11-13-6-4-3-5-7-13)20-25(23,24)16-10-14(18)8-9-15(16)19/h3-10,12,20H,11H2,1-2H3/t12-/m1/s1. The van der Waals surface area contributed by atoms with Crippen LogP contribution in [0.3, 0.4) is 0 Å². The molecule has 25 heavy (non-hydrogen) atoms. The third-order valence-electron chi connectivity index (χ3n) is 3.52. The molecule has 8 heteroatoms. The van der Waals surface area contributed by atoms with Crippen LogP contribution in [0.1, 0.15) is 12.5 Å². The predicted octanol–water partition coefficient (Wildman–Crippen LogP) is 3.32. The number of carbonyl (C=O) groups is 1. The highest BCUT2D eigenvalue weighted by atomic mass is 35.5. The number of benzene rings is 2. The van der Waals surface area contributed by atoms with Crippen molar-refractivity contribution in [2.24, 2.45) is 0 Å². The van der Waals surface area contributed by atoms with E-state index in [0.29, 0.717) is 6.54 Å². The molecule has 0 saturated carbocycles. The van der Waals surface area contributed by atoms with E-state index in [4.69, 9.17) is 23.2 Å². The number of rotatable bonds is 6. The van der Waals surface area contributed by atoms with Crippen LogP contribution >= 0.6 is 23.2 Å². The highest BCUT2D eigenvalue weighted by Gasteiger charge is 2.26. The quantitative estimate of drug-likeness (QED) is 0.808. The van der Waals surface area contributed by atoms with Crippen molar-refractivity contribution in [2.45, 2.75) is 24.4 Å². The van der Waals surface area contributed by atoms with E-state index < -0.39 is 16.1 Å². The minimum atomic E-state index is -3.98. The predicted molar refractivity (Wildman–Crippen MR) is 99.2 cm³/mol. The summed E-state index contributed by atoms with van der Waals surface area (Å²) >= 11 is 11.8. The van der Waals surface area contributed by atoms with Crippen LogP contribution in [0.15, 0.2) is 53.4 Å². The zero-order chi connectivity index (χ0) is 18.6. The maximum absolute atomic E-state index is 12.5.